The first kappa shape index (κ1) is 8.33. The van der Waals surface area contributed by atoms with Crippen LogP contribution < -0.4 is 0 Å². The highest BCUT2D eigenvalue weighted by Crippen LogP contribution is 2.18. The Kier molecular flexibility index (Phi) is 2.34. The van der Waals surface area contributed by atoms with Crippen molar-refractivity contribution in [3.8, 4) is 0 Å². The van der Waals surface area contributed by atoms with E-state index in [4.69, 9.17) is 0 Å². The summed E-state index contributed by atoms with van der Waals surface area (Å²) in [4.78, 5) is 0. The van der Waals surface area contributed by atoms with E-state index in [1.807, 2.05) is 0 Å². The summed E-state index contributed by atoms with van der Waals surface area (Å²) in [6, 6.07) is 1.63. The Labute approximate surface area is 66.0 Å². The topological polar surface area (TPSA) is 0 Å². The van der Waals surface area contributed by atoms with Gasteiger partial charge in [-0.2, -0.15) is 24.5 Å². The van der Waals surface area contributed by atoms with Crippen molar-refractivity contribution in [3.63, 3.8) is 0 Å². The molecule has 0 nitrogen and oxygen atoms in total. The maximum atomic E-state index is 11.6. The Morgan fingerprint density at radius 2 is 2.09 bits per heavy atom. The van der Waals surface area contributed by atoms with Crippen LogP contribution >= 0.6 is 11.3 Å². The average Bonchev–Trinajstić information content (AvgIpc) is 2.32. The molecule has 0 aliphatic carbocycles. The largest absolute Gasteiger partial charge is 0.409 e. The van der Waals surface area contributed by atoms with Crippen LogP contribution in [-0.2, 0) is 0 Å². The van der Waals surface area contributed by atoms with Crippen molar-refractivity contribution in [1.29, 1.82) is 0 Å². The summed E-state index contributed by atoms with van der Waals surface area (Å²) in [5.41, 5.74) is 0.590. The molecule has 1 aromatic heterocycles. The van der Waals surface area contributed by atoms with E-state index in [1.165, 1.54) is 11.3 Å². The van der Waals surface area contributed by atoms with Crippen LogP contribution in [0, 0.1) is 0 Å². The van der Waals surface area contributed by atoms with Gasteiger partial charge in [-0.15, -0.1) is 0 Å². The molecule has 0 amide bonds. The zero-order valence-corrected chi connectivity index (χ0v) is 6.25. The van der Waals surface area contributed by atoms with Crippen LogP contribution in [0.25, 0.3) is 6.08 Å². The summed E-state index contributed by atoms with van der Waals surface area (Å²) in [5.74, 6) is 0. The van der Waals surface area contributed by atoms with E-state index in [-0.39, 0.29) is 6.08 Å². The zero-order chi connectivity index (χ0) is 8.32. The third kappa shape index (κ3) is 3.23. The van der Waals surface area contributed by atoms with Crippen LogP contribution in [0.5, 0.6) is 0 Å². The van der Waals surface area contributed by atoms with E-state index in [1.54, 1.807) is 16.8 Å². The molecule has 0 saturated heterocycles. The molecule has 1 aromatic rings. The number of alkyl halides is 3. The van der Waals surface area contributed by atoms with Crippen molar-refractivity contribution >= 4 is 17.4 Å². The fraction of sp³-hybridized carbons (Fsp3) is 0.143. The van der Waals surface area contributed by atoms with Crippen molar-refractivity contribution in [3.05, 3.63) is 28.5 Å². The van der Waals surface area contributed by atoms with Gasteiger partial charge in [0, 0.05) is 6.08 Å². The second kappa shape index (κ2) is 3.09. The average molecular weight is 178 g/mol. The molecule has 0 fully saturated rings. The molecule has 0 atom stereocenters. The molecule has 1 rings (SSSR count). The third-order valence-electron chi connectivity index (χ3n) is 1.01. The lowest BCUT2D eigenvalue weighted by molar-refractivity contribution is -0.0790. The lowest BCUT2D eigenvalue weighted by atomic mass is 10.3. The van der Waals surface area contributed by atoms with Gasteiger partial charge in [0.15, 0.2) is 0 Å². The second-order valence-corrected chi connectivity index (χ2v) is 2.71. The van der Waals surface area contributed by atoms with Gasteiger partial charge in [0.05, 0.1) is 0 Å². The van der Waals surface area contributed by atoms with Crippen LogP contribution in [0.3, 0.4) is 0 Å². The summed E-state index contributed by atoms with van der Waals surface area (Å²) >= 11 is 1.37. The Morgan fingerprint density at radius 3 is 2.55 bits per heavy atom. The predicted molar refractivity (Wildman–Crippen MR) is 39.4 cm³/mol. The number of halogens is 3. The minimum atomic E-state index is -4.21. The molecule has 0 bridgehead atoms. The number of hydrogen-bond acceptors (Lipinski definition) is 1. The van der Waals surface area contributed by atoms with Gasteiger partial charge in [0.2, 0.25) is 0 Å². The summed E-state index contributed by atoms with van der Waals surface area (Å²) < 4.78 is 34.7. The minimum Gasteiger partial charge on any atom is -0.167 e. The van der Waals surface area contributed by atoms with Gasteiger partial charge >= 0.3 is 6.18 Å². The lowest BCUT2D eigenvalue weighted by Gasteiger charge is -1.95. The van der Waals surface area contributed by atoms with Crippen LogP contribution in [0.4, 0.5) is 13.2 Å². The Bertz CT molecular complexity index is 233. The Hall–Kier alpha value is -0.770. The third-order valence-corrected chi connectivity index (χ3v) is 1.71. The Balaban J connectivity index is 2.63. The van der Waals surface area contributed by atoms with Crippen LogP contribution in [0.2, 0.25) is 0 Å². The number of rotatable bonds is 1. The highest BCUT2D eigenvalue weighted by molar-refractivity contribution is 7.08. The van der Waals surface area contributed by atoms with Gasteiger partial charge in [-0.25, -0.2) is 0 Å². The van der Waals surface area contributed by atoms with Crippen molar-refractivity contribution in [2.45, 2.75) is 6.18 Å². The Morgan fingerprint density at radius 1 is 1.36 bits per heavy atom. The minimum absolute atomic E-state index is 0.231. The van der Waals surface area contributed by atoms with Crippen LogP contribution in [0.15, 0.2) is 22.9 Å². The lowest BCUT2D eigenvalue weighted by Crippen LogP contribution is -1.99. The number of hydrogen-bond donors (Lipinski definition) is 0. The van der Waals surface area contributed by atoms with Crippen molar-refractivity contribution in [1.82, 2.24) is 0 Å². The molecule has 0 radical (unpaired) electrons. The molecule has 0 unspecified atom stereocenters. The van der Waals surface area contributed by atoms with Gasteiger partial charge in [-0.3, -0.25) is 0 Å². The molecule has 0 aliphatic rings. The van der Waals surface area contributed by atoms with E-state index >= 15 is 0 Å². The molecular formula is C7H5F3S. The van der Waals surface area contributed by atoms with Gasteiger partial charge < -0.3 is 0 Å². The molecule has 0 aromatic carbocycles. The quantitative estimate of drug-likeness (QED) is 0.618. The molecule has 1 heterocycles. The van der Waals surface area contributed by atoms with Crippen LogP contribution in [0.1, 0.15) is 5.56 Å². The van der Waals surface area contributed by atoms with E-state index in [0.717, 1.165) is 6.08 Å². The SMILES string of the molecule is FC(F)(F)/C=C/c1ccsc1. The first-order valence-electron chi connectivity index (χ1n) is 2.86. The van der Waals surface area contributed by atoms with Gasteiger partial charge in [0.1, 0.15) is 0 Å². The van der Waals surface area contributed by atoms with Crippen molar-refractivity contribution in [2.24, 2.45) is 0 Å². The second-order valence-electron chi connectivity index (χ2n) is 1.93. The molecule has 4 heteroatoms. The molecule has 11 heavy (non-hydrogen) atoms. The van der Waals surface area contributed by atoms with Crippen molar-refractivity contribution in [2.75, 3.05) is 0 Å². The first-order chi connectivity index (χ1) is 5.08. The molecule has 60 valence electrons. The molecule has 0 spiro atoms. The fourth-order valence-corrected chi connectivity index (χ4v) is 1.19. The monoisotopic (exact) mass is 178 g/mol. The van der Waals surface area contributed by atoms with E-state index in [9.17, 15) is 13.2 Å². The predicted octanol–water partition coefficient (Wildman–Crippen LogP) is 3.32. The van der Waals surface area contributed by atoms with Gasteiger partial charge in [0.25, 0.3) is 0 Å². The summed E-state index contributed by atoms with van der Waals surface area (Å²) in [6.45, 7) is 0. The van der Waals surface area contributed by atoms with E-state index in [0.29, 0.717) is 5.56 Å². The zero-order valence-electron chi connectivity index (χ0n) is 5.43. The summed E-state index contributed by atoms with van der Waals surface area (Å²) in [7, 11) is 0. The van der Waals surface area contributed by atoms with Gasteiger partial charge in [-0.1, -0.05) is 0 Å². The first-order valence-corrected chi connectivity index (χ1v) is 3.80. The maximum Gasteiger partial charge on any atom is 0.409 e. The smallest absolute Gasteiger partial charge is 0.167 e. The van der Waals surface area contributed by atoms with Crippen molar-refractivity contribution < 1.29 is 13.2 Å². The number of allylic oxidation sites excluding steroid dienone is 1. The molecular weight excluding hydrogens is 173 g/mol. The highest BCUT2D eigenvalue weighted by atomic mass is 32.1. The maximum absolute atomic E-state index is 11.6. The van der Waals surface area contributed by atoms with Gasteiger partial charge in [-0.05, 0) is 28.5 Å². The normalized spacial score (nSPS) is 12.6. The highest BCUT2D eigenvalue weighted by Gasteiger charge is 2.21. The van der Waals surface area contributed by atoms with E-state index in [2.05, 4.69) is 0 Å². The number of thiophene rings is 1. The molecule has 0 saturated carbocycles. The standard InChI is InChI=1S/C7H5F3S/c8-7(9,10)3-1-6-2-4-11-5-6/h1-5H/b3-1+. The summed E-state index contributed by atoms with van der Waals surface area (Å²) in [6.07, 6.45) is -2.92. The molecule has 0 aliphatic heterocycles. The van der Waals surface area contributed by atoms with Crippen LogP contribution in [-0.4, -0.2) is 6.18 Å². The van der Waals surface area contributed by atoms with E-state index < -0.39 is 6.18 Å². The molecule has 0 N–H and O–H groups in total. The fourth-order valence-electron chi connectivity index (χ4n) is 0.561. The summed E-state index contributed by atoms with van der Waals surface area (Å²) in [5, 5.41) is 3.39.